The Labute approximate surface area is 104 Å². The average Bonchev–Trinajstić information content (AvgIpc) is 2.54. The highest BCUT2D eigenvalue weighted by Gasteiger charge is 2.27. The normalized spacial score (nSPS) is 23.8. The van der Waals surface area contributed by atoms with Gasteiger partial charge >= 0.3 is 0 Å². The van der Waals surface area contributed by atoms with Gasteiger partial charge in [-0.25, -0.2) is 0 Å². The fraction of sp³-hybridized carbons (Fsp3) is 0.545. The molecule has 0 spiro atoms. The maximum atomic E-state index is 11.9. The third kappa shape index (κ3) is 3.09. The van der Waals surface area contributed by atoms with Crippen molar-refractivity contribution < 1.29 is 14.4 Å². The van der Waals surface area contributed by atoms with E-state index in [2.05, 4.69) is 5.32 Å². The SMILES string of the molecule is O=C1NC(=O)/C(=C/C(=O)N2CCCCCC2)S1. The standard InChI is InChI=1S/C11H14N2O3S/c14-9(13-5-3-1-2-4-6-13)7-8-10(15)12-11(16)17-8/h7H,1-6H2,(H,12,15,16)/b8-7-. The lowest BCUT2D eigenvalue weighted by Crippen LogP contribution is -2.30. The number of imide groups is 1. The van der Waals surface area contributed by atoms with Crippen LogP contribution < -0.4 is 5.32 Å². The third-order valence-corrected chi connectivity index (χ3v) is 3.62. The number of hydrogen-bond acceptors (Lipinski definition) is 4. The second-order valence-electron chi connectivity index (χ2n) is 4.09. The van der Waals surface area contributed by atoms with Crippen molar-refractivity contribution in [3.05, 3.63) is 11.0 Å². The number of likely N-dealkylation sites (tertiary alicyclic amines) is 1. The van der Waals surface area contributed by atoms with Crippen LogP contribution in [0.3, 0.4) is 0 Å². The highest BCUT2D eigenvalue weighted by molar-refractivity contribution is 8.18. The van der Waals surface area contributed by atoms with Crippen molar-refractivity contribution in [1.82, 2.24) is 10.2 Å². The first-order valence-electron chi connectivity index (χ1n) is 5.70. The Morgan fingerprint density at radius 3 is 2.35 bits per heavy atom. The number of amides is 3. The molecule has 0 aromatic rings. The number of hydrogen-bond donors (Lipinski definition) is 1. The Kier molecular flexibility index (Phi) is 3.83. The van der Waals surface area contributed by atoms with Crippen LogP contribution in [0.5, 0.6) is 0 Å². The Hall–Kier alpha value is -1.30. The summed E-state index contributed by atoms with van der Waals surface area (Å²) in [6.45, 7) is 1.48. The van der Waals surface area contributed by atoms with Crippen molar-refractivity contribution in [2.24, 2.45) is 0 Å². The molecule has 2 fully saturated rings. The average molecular weight is 254 g/mol. The number of nitrogens with one attached hydrogen (secondary N) is 1. The molecule has 2 aliphatic heterocycles. The van der Waals surface area contributed by atoms with E-state index in [1.807, 2.05) is 0 Å². The maximum absolute atomic E-state index is 11.9. The zero-order valence-electron chi connectivity index (χ0n) is 9.40. The molecule has 0 aliphatic carbocycles. The van der Waals surface area contributed by atoms with Crippen molar-refractivity contribution in [1.29, 1.82) is 0 Å². The Morgan fingerprint density at radius 2 is 1.82 bits per heavy atom. The molecule has 17 heavy (non-hydrogen) atoms. The zero-order chi connectivity index (χ0) is 12.3. The van der Waals surface area contributed by atoms with E-state index in [1.165, 1.54) is 6.08 Å². The van der Waals surface area contributed by atoms with E-state index in [9.17, 15) is 14.4 Å². The summed E-state index contributed by atoms with van der Waals surface area (Å²) in [5.74, 6) is -0.637. The molecule has 92 valence electrons. The fourth-order valence-corrected chi connectivity index (χ4v) is 2.56. The zero-order valence-corrected chi connectivity index (χ0v) is 10.2. The van der Waals surface area contributed by atoms with E-state index in [0.29, 0.717) is 0 Å². The molecule has 0 unspecified atom stereocenters. The van der Waals surface area contributed by atoms with Crippen LogP contribution in [0, 0.1) is 0 Å². The maximum Gasteiger partial charge on any atom is 0.290 e. The molecule has 2 rings (SSSR count). The summed E-state index contributed by atoms with van der Waals surface area (Å²) in [7, 11) is 0. The Balaban J connectivity index is 2.02. The van der Waals surface area contributed by atoms with Crippen molar-refractivity contribution >= 4 is 28.8 Å². The van der Waals surface area contributed by atoms with Gasteiger partial charge < -0.3 is 4.90 Å². The molecular formula is C11H14N2O3S. The van der Waals surface area contributed by atoms with Gasteiger partial charge in [-0.3, -0.25) is 19.7 Å². The second kappa shape index (κ2) is 5.35. The van der Waals surface area contributed by atoms with Crippen molar-refractivity contribution in [3.63, 3.8) is 0 Å². The van der Waals surface area contributed by atoms with E-state index < -0.39 is 11.1 Å². The van der Waals surface area contributed by atoms with Crippen LogP contribution in [-0.4, -0.2) is 35.0 Å². The predicted octanol–water partition coefficient (Wildman–Crippen LogP) is 1.26. The molecule has 0 aromatic carbocycles. The van der Waals surface area contributed by atoms with Gasteiger partial charge in [-0.15, -0.1) is 0 Å². The summed E-state index contributed by atoms with van der Waals surface area (Å²) >= 11 is 0.785. The van der Waals surface area contributed by atoms with Gasteiger partial charge in [-0.1, -0.05) is 12.8 Å². The van der Waals surface area contributed by atoms with Gasteiger partial charge in [-0.2, -0.15) is 0 Å². The summed E-state index contributed by atoms with van der Waals surface area (Å²) in [6.07, 6.45) is 5.58. The summed E-state index contributed by atoms with van der Waals surface area (Å²) in [5, 5.41) is 1.72. The molecule has 2 heterocycles. The monoisotopic (exact) mass is 254 g/mol. The highest BCUT2D eigenvalue weighted by Crippen LogP contribution is 2.23. The number of nitrogens with zero attached hydrogens (tertiary/aromatic N) is 1. The van der Waals surface area contributed by atoms with Crippen LogP contribution in [0.2, 0.25) is 0 Å². The van der Waals surface area contributed by atoms with Gasteiger partial charge in [-0.05, 0) is 24.6 Å². The van der Waals surface area contributed by atoms with Crippen LogP contribution in [0.15, 0.2) is 11.0 Å². The molecule has 3 amide bonds. The van der Waals surface area contributed by atoms with Gasteiger partial charge in [0.2, 0.25) is 5.91 Å². The lowest BCUT2D eigenvalue weighted by molar-refractivity contribution is -0.126. The molecular weight excluding hydrogens is 240 g/mol. The minimum atomic E-state index is -0.469. The first-order chi connectivity index (χ1) is 8.16. The Morgan fingerprint density at radius 1 is 1.18 bits per heavy atom. The summed E-state index contributed by atoms with van der Waals surface area (Å²) in [4.78, 5) is 36.1. The summed E-state index contributed by atoms with van der Waals surface area (Å²) in [6, 6.07) is 0. The first kappa shape index (κ1) is 12.2. The third-order valence-electron chi connectivity index (χ3n) is 2.81. The van der Waals surface area contributed by atoms with E-state index in [1.54, 1.807) is 4.90 Å². The molecule has 1 N–H and O–H groups in total. The topological polar surface area (TPSA) is 66.5 Å². The van der Waals surface area contributed by atoms with Crippen LogP contribution >= 0.6 is 11.8 Å². The van der Waals surface area contributed by atoms with Gasteiger partial charge in [0.05, 0.1) is 4.91 Å². The van der Waals surface area contributed by atoms with Crippen LogP contribution in [0.1, 0.15) is 25.7 Å². The molecule has 0 radical (unpaired) electrons. The minimum Gasteiger partial charge on any atom is -0.339 e. The van der Waals surface area contributed by atoms with Gasteiger partial charge in [0, 0.05) is 19.2 Å². The molecule has 6 heteroatoms. The summed E-state index contributed by atoms with van der Waals surface area (Å²) in [5.41, 5.74) is 0. The molecule has 5 nitrogen and oxygen atoms in total. The van der Waals surface area contributed by atoms with E-state index in [-0.39, 0.29) is 10.8 Å². The number of thioether (sulfide) groups is 1. The fourth-order valence-electron chi connectivity index (χ4n) is 1.92. The molecule has 0 aromatic heterocycles. The molecule has 0 atom stereocenters. The van der Waals surface area contributed by atoms with Crippen molar-refractivity contribution in [2.45, 2.75) is 25.7 Å². The summed E-state index contributed by atoms with van der Waals surface area (Å²) < 4.78 is 0. The van der Waals surface area contributed by atoms with Crippen LogP contribution in [0.4, 0.5) is 4.79 Å². The molecule has 0 saturated carbocycles. The second-order valence-corrected chi connectivity index (χ2v) is 5.11. The quantitative estimate of drug-likeness (QED) is 0.715. The largest absolute Gasteiger partial charge is 0.339 e. The van der Waals surface area contributed by atoms with E-state index >= 15 is 0 Å². The van der Waals surface area contributed by atoms with E-state index in [0.717, 1.165) is 50.5 Å². The lowest BCUT2D eigenvalue weighted by atomic mass is 10.2. The highest BCUT2D eigenvalue weighted by atomic mass is 32.2. The lowest BCUT2D eigenvalue weighted by Gasteiger charge is -2.18. The van der Waals surface area contributed by atoms with Crippen molar-refractivity contribution in [3.8, 4) is 0 Å². The van der Waals surface area contributed by atoms with Crippen LogP contribution in [0.25, 0.3) is 0 Å². The predicted molar refractivity (Wildman–Crippen MR) is 64.3 cm³/mol. The minimum absolute atomic E-state index is 0.167. The number of rotatable bonds is 1. The Bertz CT molecular complexity index is 384. The first-order valence-corrected chi connectivity index (χ1v) is 6.52. The van der Waals surface area contributed by atoms with Gasteiger partial charge in [0.25, 0.3) is 11.1 Å². The molecule has 0 bridgehead atoms. The van der Waals surface area contributed by atoms with Crippen LogP contribution in [-0.2, 0) is 9.59 Å². The van der Waals surface area contributed by atoms with Crippen molar-refractivity contribution in [2.75, 3.05) is 13.1 Å². The van der Waals surface area contributed by atoms with Gasteiger partial charge in [0.1, 0.15) is 0 Å². The van der Waals surface area contributed by atoms with E-state index in [4.69, 9.17) is 0 Å². The molecule has 2 saturated heterocycles. The number of carbonyl (C=O) groups excluding carboxylic acids is 3. The van der Waals surface area contributed by atoms with Gasteiger partial charge in [0.15, 0.2) is 0 Å². The molecule has 2 aliphatic rings. The smallest absolute Gasteiger partial charge is 0.290 e. The number of carbonyl (C=O) groups is 3.